The maximum atomic E-state index is 13.1. The van der Waals surface area contributed by atoms with Gasteiger partial charge in [-0.15, -0.1) is 11.8 Å². The van der Waals surface area contributed by atoms with Crippen LogP contribution < -0.4 is 5.32 Å². The summed E-state index contributed by atoms with van der Waals surface area (Å²) in [6.07, 6.45) is 4.80. The van der Waals surface area contributed by atoms with Gasteiger partial charge >= 0.3 is 0 Å². The normalized spacial score (nSPS) is 27.4. The van der Waals surface area contributed by atoms with Gasteiger partial charge in [-0.3, -0.25) is 0 Å². The minimum Gasteiger partial charge on any atom is -0.315 e. The van der Waals surface area contributed by atoms with Crippen LogP contribution in [0.1, 0.15) is 19.3 Å². The van der Waals surface area contributed by atoms with E-state index in [1.807, 2.05) is 24.5 Å². The molecule has 2 heterocycles. The summed E-state index contributed by atoms with van der Waals surface area (Å²) in [6.45, 7) is 1.69. The van der Waals surface area contributed by atoms with Gasteiger partial charge in [-0.2, -0.15) is 4.31 Å². The Labute approximate surface area is 125 Å². The summed E-state index contributed by atoms with van der Waals surface area (Å²) in [5.41, 5.74) is 0. The second kappa shape index (κ2) is 5.67. The molecule has 2 fully saturated rings. The maximum absolute atomic E-state index is 13.1. The van der Waals surface area contributed by atoms with Gasteiger partial charge in [-0.1, -0.05) is 12.1 Å². The van der Waals surface area contributed by atoms with E-state index >= 15 is 0 Å². The molecule has 2 unspecified atom stereocenters. The summed E-state index contributed by atoms with van der Waals surface area (Å²) in [4.78, 5) is 1.30. The highest BCUT2D eigenvalue weighted by Gasteiger charge is 2.43. The van der Waals surface area contributed by atoms with Gasteiger partial charge in [0.1, 0.15) is 0 Å². The predicted molar refractivity (Wildman–Crippen MR) is 81.5 cm³/mol. The summed E-state index contributed by atoms with van der Waals surface area (Å²) in [6, 6.07) is 7.60. The monoisotopic (exact) mass is 312 g/mol. The lowest BCUT2D eigenvalue weighted by Crippen LogP contribution is -2.42. The van der Waals surface area contributed by atoms with E-state index in [0.717, 1.165) is 37.2 Å². The van der Waals surface area contributed by atoms with Crippen LogP contribution >= 0.6 is 11.8 Å². The van der Waals surface area contributed by atoms with Crippen molar-refractivity contribution in [3.8, 4) is 0 Å². The number of rotatable bonds is 3. The highest BCUT2D eigenvalue weighted by atomic mass is 32.2. The molecule has 2 bridgehead atoms. The first-order chi connectivity index (χ1) is 9.64. The fourth-order valence-electron chi connectivity index (χ4n) is 3.28. The van der Waals surface area contributed by atoms with Crippen LogP contribution in [-0.2, 0) is 10.0 Å². The van der Waals surface area contributed by atoms with Gasteiger partial charge in [0.05, 0.1) is 4.90 Å². The number of fused-ring (bicyclic) bond motifs is 2. The number of hydrogen-bond donors (Lipinski definition) is 1. The van der Waals surface area contributed by atoms with E-state index in [1.54, 1.807) is 10.4 Å². The molecule has 20 heavy (non-hydrogen) atoms. The zero-order valence-corrected chi connectivity index (χ0v) is 13.2. The minimum atomic E-state index is -3.39. The van der Waals surface area contributed by atoms with Crippen LogP contribution in [0.2, 0.25) is 0 Å². The Morgan fingerprint density at radius 3 is 2.75 bits per heavy atom. The van der Waals surface area contributed by atoms with E-state index < -0.39 is 10.0 Å². The molecule has 2 aliphatic rings. The summed E-state index contributed by atoms with van der Waals surface area (Å²) in [5.74, 6) is 0. The lowest BCUT2D eigenvalue weighted by molar-refractivity contribution is 0.334. The van der Waals surface area contributed by atoms with Crippen LogP contribution in [0.15, 0.2) is 34.1 Å². The average Bonchev–Trinajstić information content (AvgIpc) is 2.72. The van der Waals surface area contributed by atoms with Crippen molar-refractivity contribution in [1.82, 2.24) is 9.62 Å². The molecule has 0 spiro atoms. The summed E-state index contributed by atoms with van der Waals surface area (Å²) in [7, 11) is -3.39. The van der Waals surface area contributed by atoms with Crippen molar-refractivity contribution in [2.24, 2.45) is 0 Å². The van der Waals surface area contributed by atoms with E-state index in [2.05, 4.69) is 5.32 Å². The third-order valence-electron chi connectivity index (χ3n) is 4.21. The molecule has 2 atom stereocenters. The molecule has 0 aromatic heterocycles. The third kappa shape index (κ3) is 2.39. The Balaban J connectivity index is 2.03. The Morgan fingerprint density at radius 1 is 1.20 bits per heavy atom. The first-order valence-corrected chi connectivity index (χ1v) is 9.68. The molecule has 2 saturated heterocycles. The maximum Gasteiger partial charge on any atom is 0.244 e. The largest absolute Gasteiger partial charge is 0.315 e. The van der Waals surface area contributed by atoms with Crippen molar-refractivity contribution in [2.75, 3.05) is 19.3 Å². The Bertz CT molecular complexity index is 575. The molecule has 0 amide bonds. The number of nitrogens with zero attached hydrogens (tertiary/aromatic N) is 1. The van der Waals surface area contributed by atoms with Crippen molar-refractivity contribution in [1.29, 1.82) is 0 Å². The molecule has 1 aromatic rings. The Kier molecular flexibility index (Phi) is 4.08. The molecule has 110 valence electrons. The predicted octanol–water partition coefficient (Wildman–Crippen LogP) is 1.92. The number of benzene rings is 1. The van der Waals surface area contributed by atoms with Gasteiger partial charge in [0, 0.05) is 23.5 Å². The van der Waals surface area contributed by atoms with E-state index in [1.165, 1.54) is 11.8 Å². The number of hydrogen-bond acceptors (Lipinski definition) is 4. The van der Waals surface area contributed by atoms with E-state index in [0.29, 0.717) is 4.90 Å². The lowest BCUT2D eigenvalue weighted by atomic mass is 10.1. The molecule has 3 rings (SSSR count). The van der Waals surface area contributed by atoms with Gasteiger partial charge in [0.2, 0.25) is 10.0 Å². The topological polar surface area (TPSA) is 49.4 Å². The van der Waals surface area contributed by atoms with Crippen LogP contribution in [0.3, 0.4) is 0 Å². The Hall–Kier alpha value is -0.560. The molecule has 6 heteroatoms. The smallest absolute Gasteiger partial charge is 0.244 e. The first-order valence-electron chi connectivity index (χ1n) is 7.02. The van der Waals surface area contributed by atoms with Gasteiger partial charge in [-0.25, -0.2) is 8.42 Å². The van der Waals surface area contributed by atoms with Crippen molar-refractivity contribution >= 4 is 21.8 Å². The molecule has 0 aliphatic carbocycles. The summed E-state index contributed by atoms with van der Waals surface area (Å²) in [5, 5.41) is 3.35. The second-order valence-electron chi connectivity index (χ2n) is 5.36. The number of nitrogens with one attached hydrogen (secondary N) is 1. The van der Waals surface area contributed by atoms with E-state index in [-0.39, 0.29) is 12.1 Å². The SMILES string of the molecule is CSc1ccccc1S(=O)(=O)N1C2CCNCC1CC2. The zero-order chi connectivity index (χ0) is 14.2. The fourth-order valence-corrected chi connectivity index (χ4v) is 6.30. The highest BCUT2D eigenvalue weighted by molar-refractivity contribution is 7.99. The second-order valence-corrected chi connectivity index (χ2v) is 8.02. The first kappa shape index (κ1) is 14.4. The van der Waals surface area contributed by atoms with E-state index in [9.17, 15) is 8.42 Å². The molecule has 2 aliphatic heterocycles. The van der Waals surface area contributed by atoms with Gasteiger partial charge in [0.25, 0.3) is 0 Å². The zero-order valence-electron chi connectivity index (χ0n) is 11.6. The molecular weight excluding hydrogens is 292 g/mol. The highest BCUT2D eigenvalue weighted by Crippen LogP contribution is 2.36. The van der Waals surface area contributed by atoms with Gasteiger partial charge in [-0.05, 0) is 44.2 Å². The number of sulfonamides is 1. The number of thioether (sulfide) groups is 1. The van der Waals surface area contributed by atoms with Gasteiger partial charge in [0.15, 0.2) is 0 Å². The summed E-state index contributed by atoms with van der Waals surface area (Å²) >= 11 is 1.49. The molecule has 4 nitrogen and oxygen atoms in total. The van der Waals surface area contributed by atoms with Crippen molar-refractivity contribution in [3.63, 3.8) is 0 Å². The van der Waals surface area contributed by atoms with Crippen LogP contribution in [0.4, 0.5) is 0 Å². The van der Waals surface area contributed by atoms with Crippen molar-refractivity contribution in [3.05, 3.63) is 24.3 Å². The Morgan fingerprint density at radius 2 is 1.95 bits per heavy atom. The van der Waals surface area contributed by atoms with Crippen LogP contribution in [0, 0.1) is 0 Å². The molecule has 1 N–H and O–H groups in total. The minimum absolute atomic E-state index is 0.113. The van der Waals surface area contributed by atoms with Crippen molar-refractivity contribution < 1.29 is 8.42 Å². The van der Waals surface area contributed by atoms with Gasteiger partial charge < -0.3 is 5.32 Å². The average molecular weight is 312 g/mol. The van der Waals surface area contributed by atoms with E-state index in [4.69, 9.17) is 0 Å². The van der Waals surface area contributed by atoms with Crippen LogP contribution in [0.5, 0.6) is 0 Å². The van der Waals surface area contributed by atoms with Crippen molar-refractivity contribution in [2.45, 2.75) is 41.1 Å². The molecule has 0 saturated carbocycles. The summed E-state index contributed by atoms with van der Waals surface area (Å²) < 4.78 is 27.9. The lowest BCUT2D eigenvalue weighted by Gasteiger charge is -2.27. The van der Waals surface area contributed by atoms with Crippen LogP contribution in [0.25, 0.3) is 0 Å². The molecule has 1 aromatic carbocycles. The standard InChI is InChI=1S/C14H20N2O2S2/c1-19-13-4-2-3-5-14(13)20(17,18)16-11-6-7-12(16)10-15-9-8-11/h2-5,11-12,15H,6-10H2,1H3. The van der Waals surface area contributed by atoms with Crippen LogP contribution in [-0.4, -0.2) is 44.2 Å². The fraction of sp³-hybridized carbons (Fsp3) is 0.571. The molecular formula is C14H20N2O2S2. The third-order valence-corrected chi connectivity index (χ3v) is 7.20. The quantitative estimate of drug-likeness (QED) is 0.867. The molecule has 0 radical (unpaired) electrons.